The summed E-state index contributed by atoms with van der Waals surface area (Å²) in [7, 11) is 0. The molecule has 0 saturated carbocycles. The van der Waals surface area contributed by atoms with Crippen LogP contribution in [-0.4, -0.2) is 64.2 Å². The van der Waals surface area contributed by atoms with Crippen LogP contribution in [0.5, 0.6) is 0 Å². The molecule has 1 rings (SSSR count). The van der Waals surface area contributed by atoms with Crippen molar-refractivity contribution in [3.63, 3.8) is 0 Å². The number of amides is 3. The first-order valence-electron chi connectivity index (χ1n) is 10.3. The topological polar surface area (TPSA) is 173 Å². The van der Waals surface area contributed by atoms with Gasteiger partial charge < -0.3 is 26.8 Å². The lowest BCUT2D eigenvalue weighted by atomic mass is 9.91. The molecule has 30 heavy (non-hydrogen) atoms. The number of nitrogens with zero attached hydrogens (tertiary/aromatic N) is 1. The normalized spacial score (nSPS) is 19.4. The Morgan fingerprint density at radius 3 is 2.17 bits per heavy atom. The van der Waals surface area contributed by atoms with Gasteiger partial charge in [-0.2, -0.15) is 0 Å². The number of hydrogen-bond acceptors (Lipinski definition) is 6. The largest absolute Gasteiger partial charge is 0.481 e. The predicted octanol–water partition coefficient (Wildman–Crippen LogP) is -0.363. The standard InChI is InChI=1S/C20H34N4O6/c1-10(2)15(22)18(27)23-16(11(3)4)19(28)24-9-5-6-13(24)17(26)12(20(29)30)7-8-14(21)25/h10-13,15-16H,5-9,22H2,1-4H3,(H2,21,25)(H,23,27)(H,29,30). The SMILES string of the molecule is CC(C)C(N)C(=O)NC(C(=O)N1CCCC1C(=O)C(CCC(N)=O)C(=O)O)C(C)C. The third-order valence-corrected chi connectivity index (χ3v) is 5.44. The molecule has 0 aliphatic carbocycles. The number of aliphatic carboxylic acids is 1. The van der Waals surface area contributed by atoms with E-state index in [4.69, 9.17) is 11.5 Å². The number of rotatable bonds is 11. The summed E-state index contributed by atoms with van der Waals surface area (Å²) in [5, 5.41) is 12.1. The summed E-state index contributed by atoms with van der Waals surface area (Å²) in [6.07, 6.45) is 0.417. The van der Waals surface area contributed by atoms with Crippen LogP contribution in [-0.2, 0) is 24.0 Å². The maximum absolute atomic E-state index is 13.2. The van der Waals surface area contributed by atoms with E-state index in [0.29, 0.717) is 12.8 Å². The third-order valence-electron chi connectivity index (χ3n) is 5.44. The van der Waals surface area contributed by atoms with Crippen molar-refractivity contribution >= 4 is 29.5 Å². The molecule has 0 bridgehead atoms. The Morgan fingerprint density at radius 1 is 1.10 bits per heavy atom. The molecule has 1 aliphatic rings. The second-order valence-electron chi connectivity index (χ2n) is 8.49. The van der Waals surface area contributed by atoms with E-state index in [1.807, 2.05) is 0 Å². The quantitative estimate of drug-likeness (QED) is 0.326. The van der Waals surface area contributed by atoms with E-state index in [0.717, 1.165) is 0 Å². The van der Waals surface area contributed by atoms with Crippen LogP contribution in [0.4, 0.5) is 0 Å². The number of nitrogens with one attached hydrogen (secondary N) is 1. The molecule has 0 spiro atoms. The zero-order chi connectivity index (χ0) is 23.2. The highest BCUT2D eigenvalue weighted by Gasteiger charge is 2.42. The lowest BCUT2D eigenvalue weighted by Crippen LogP contribution is -2.57. The van der Waals surface area contributed by atoms with E-state index in [2.05, 4.69) is 5.32 Å². The molecule has 0 aromatic rings. The summed E-state index contributed by atoms with van der Waals surface area (Å²) in [6.45, 7) is 7.41. The van der Waals surface area contributed by atoms with Gasteiger partial charge in [-0.05, 0) is 31.1 Å². The Balaban J connectivity index is 3.01. The van der Waals surface area contributed by atoms with Crippen molar-refractivity contribution in [1.29, 1.82) is 0 Å². The van der Waals surface area contributed by atoms with Gasteiger partial charge in [0.2, 0.25) is 17.7 Å². The van der Waals surface area contributed by atoms with Crippen molar-refractivity contribution in [3.8, 4) is 0 Å². The molecule has 1 heterocycles. The van der Waals surface area contributed by atoms with Crippen LogP contribution in [0.2, 0.25) is 0 Å². The van der Waals surface area contributed by atoms with Gasteiger partial charge in [0.05, 0.1) is 12.1 Å². The summed E-state index contributed by atoms with van der Waals surface area (Å²) in [5.41, 5.74) is 11.0. The second-order valence-corrected chi connectivity index (χ2v) is 8.49. The van der Waals surface area contributed by atoms with Gasteiger partial charge in [0, 0.05) is 13.0 Å². The van der Waals surface area contributed by atoms with Gasteiger partial charge in [-0.15, -0.1) is 0 Å². The number of primary amides is 1. The van der Waals surface area contributed by atoms with Crippen molar-refractivity contribution in [1.82, 2.24) is 10.2 Å². The zero-order valence-corrected chi connectivity index (χ0v) is 18.1. The summed E-state index contributed by atoms with van der Waals surface area (Å²) < 4.78 is 0. The Labute approximate surface area is 176 Å². The van der Waals surface area contributed by atoms with Crippen LogP contribution in [0.1, 0.15) is 53.4 Å². The Hall–Kier alpha value is -2.49. The minimum absolute atomic E-state index is 0.115. The second kappa shape index (κ2) is 11.1. The molecule has 0 aromatic carbocycles. The van der Waals surface area contributed by atoms with Crippen LogP contribution < -0.4 is 16.8 Å². The number of nitrogens with two attached hydrogens (primary N) is 2. The molecule has 1 fully saturated rings. The number of carbonyl (C=O) groups is 5. The Morgan fingerprint density at radius 2 is 1.70 bits per heavy atom. The molecule has 0 aromatic heterocycles. The number of hydrogen-bond donors (Lipinski definition) is 4. The first-order chi connectivity index (χ1) is 13.9. The number of likely N-dealkylation sites (tertiary alicyclic amines) is 1. The Bertz CT molecular complexity index is 678. The number of carboxylic acid groups (broad SMARTS) is 1. The fourth-order valence-electron chi connectivity index (χ4n) is 3.48. The van der Waals surface area contributed by atoms with E-state index in [-0.39, 0.29) is 31.2 Å². The number of ketones is 1. The minimum Gasteiger partial charge on any atom is -0.481 e. The average molecular weight is 427 g/mol. The molecule has 0 radical (unpaired) electrons. The van der Waals surface area contributed by atoms with Crippen molar-refractivity contribution < 1.29 is 29.1 Å². The summed E-state index contributed by atoms with van der Waals surface area (Å²) in [5.74, 6) is -5.36. The Kier molecular flexibility index (Phi) is 9.41. The van der Waals surface area contributed by atoms with Crippen molar-refractivity contribution in [2.75, 3.05) is 6.54 Å². The van der Waals surface area contributed by atoms with E-state index in [1.54, 1.807) is 27.7 Å². The van der Waals surface area contributed by atoms with E-state index >= 15 is 0 Å². The summed E-state index contributed by atoms with van der Waals surface area (Å²) in [6, 6.07) is -2.58. The first-order valence-corrected chi connectivity index (χ1v) is 10.3. The molecular formula is C20H34N4O6. The minimum atomic E-state index is -1.42. The van der Waals surface area contributed by atoms with Gasteiger partial charge in [-0.1, -0.05) is 27.7 Å². The van der Waals surface area contributed by atoms with Crippen molar-refractivity contribution in [2.45, 2.75) is 71.5 Å². The molecule has 6 N–H and O–H groups in total. The van der Waals surface area contributed by atoms with Crippen LogP contribution in [0.3, 0.4) is 0 Å². The molecule has 4 unspecified atom stereocenters. The molecule has 10 nitrogen and oxygen atoms in total. The molecule has 1 saturated heterocycles. The lowest BCUT2D eigenvalue weighted by molar-refractivity contribution is -0.151. The summed E-state index contributed by atoms with van der Waals surface area (Å²) in [4.78, 5) is 62.4. The highest BCUT2D eigenvalue weighted by atomic mass is 16.4. The van der Waals surface area contributed by atoms with E-state index in [1.165, 1.54) is 4.90 Å². The van der Waals surface area contributed by atoms with Gasteiger partial charge in [0.15, 0.2) is 5.78 Å². The zero-order valence-electron chi connectivity index (χ0n) is 18.1. The van der Waals surface area contributed by atoms with Gasteiger partial charge >= 0.3 is 5.97 Å². The monoisotopic (exact) mass is 426 g/mol. The lowest BCUT2D eigenvalue weighted by Gasteiger charge is -2.32. The van der Waals surface area contributed by atoms with E-state index < -0.39 is 53.5 Å². The molecule has 170 valence electrons. The van der Waals surface area contributed by atoms with Gasteiger partial charge in [0.25, 0.3) is 0 Å². The number of Topliss-reactive ketones (excluding diaryl/α,β-unsaturated/α-hetero) is 1. The fraction of sp³-hybridized carbons (Fsp3) is 0.750. The summed E-state index contributed by atoms with van der Waals surface area (Å²) >= 11 is 0. The van der Waals surface area contributed by atoms with Crippen LogP contribution >= 0.6 is 0 Å². The van der Waals surface area contributed by atoms with E-state index in [9.17, 15) is 29.1 Å². The fourth-order valence-corrected chi connectivity index (χ4v) is 3.48. The molecule has 10 heteroatoms. The van der Waals surface area contributed by atoms with Crippen molar-refractivity contribution in [3.05, 3.63) is 0 Å². The molecule has 1 aliphatic heterocycles. The van der Waals surface area contributed by atoms with Crippen LogP contribution in [0, 0.1) is 17.8 Å². The van der Waals surface area contributed by atoms with Gasteiger partial charge in [-0.3, -0.25) is 24.0 Å². The maximum atomic E-state index is 13.2. The van der Waals surface area contributed by atoms with Crippen LogP contribution in [0.25, 0.3) is 0 Å². The molecule has 3 amide bonds. The first kappa shape index (κ1) is 25.5. The predicted molar refractivity (Wildman–Crippen MR) is 109 cm³/mol. The van der Waals surface area contributed by atoms with Gasteiger partial charge in [0.1, 0.15) is 12.0 Å². The van der Waals surface area contributed by atoms with Crippen LogP contribution in [0.15, 0.2) is 0 Å². The number of carboxylic acids is 1. The molecular weight excluding hydrogens is 392 g/mol. The van der Waals surface area contributed by atoms with Crippen molar-refractivity contribution in [2.24, 2.45) is 29.2 Å². The third kappa shape index (κ3) is 6.51. The number of carbonyl (C=O) groups excluding carboxylic acids is 4. The highest BCUT2D eigenvalue weighted by Crippen LogP contribution is 2.25. The van der Waals surface area contributed by atoms with Gasteiger partial charge in [-0.25, -0.2) is 0 Å². The highest BCUT2D eigenvalue weighted by molar-refractivity contribution is 6.03. The molecule has 4 atom stereocenters. The average Bonchev–Trinajstić information content (AvgIpc) is 3.13. The smallest absolute Gasteiger partial charge is 0.314 e. The maximum Gasteiger partial charge on any atom is 0.314 e.